The molecule has 1 aliphatic heterocycles. The van der Waals surface area contributed by atoms with E-state index in [1.54, 1.807) is 6.07 Å². The predicted octanol–water partition coefficient (Wildman–Crippen LogP) is 3.16. The van der Waals surface area contributed by atoms with Crippen molar-refractivity contribution < 1.29 is 4.92 Å². The summed E-state index contributed by atoms with van der Waals surface area (Å²) in [6, 6.07) is 13.6. The Balaban J connectivity index is 1.65. The van der Waals surface area contributed by atoms with E-state index in [4.69, 9.17) is 0 Å². The van der Waals surface area contributed by atoms with Crippen LogP contribution in [0.3, 0.4) is 0 Å². The molecule has 1 fully saturated rings. The lowest BCUT2D eigenvalue weighted by Gasteiger charge is -2.29. The normalized spacial score (nSPS) is 15.3. The average Bonchev–Trinajstić information content (AvgIpc) is 2.77. The number of nitrogens with zero attached hydrogens (tertiary/aromatic N) is 4. The summed E-state index contributed by atoms with van der Waals surface area (Å²) in [6.07, 6.45) is 1.51. The molecule has 4 rings (SSSR count). The molecule has 1 unspecified atom stereocenters. The quantitative estimate of drug-likeness (QED) is 0.491. The number of piperazine rings is 1. The summed E-state index contributed by atoms with van der Waals surface area (Å²) in [6.45, 7) is 5.89. The van der Waals surface area contributed by atoms with Crippen molar-refractivity contribution in [1.29, 1.82) is 0 Å². The van der Waals surface area contributed by atoms with Gasteiger partial charge in [-0.15, -0.1) is 0 Å². The summed E-state index contributed by atoms with van der Waals surface area (Å²) in [7, 11) is 0. The first-order valence-corrected chi connectivity index (χ1v) is 9.81. The number of hydrogen-bond donors (Lipinski definition) is 2. The van der Waals surface area contributed by atoms with Crippen LogP contribution in [0.2, 0.25) is 0 Å². The van der Waals surface area contributed by atoms with E-state index in [0.717, 1.165) is 26.2 Å². The molecule has 0 spiro atoms. The monoisotopic (exact) mass is 392 g/mol. The Kier molecular flexibility index (Phi) is 5.53. The van der Waals surface area contributed by atoms with Crippen LogP contribution >= 0.6 is 0 Å². The number of anilines is 2. The molecule has 150 valence electrons. The standard InChI is InChI=1S/C21H24N6O2/c1-15(16-5-3-2-4-6-16)13-23-21-17-11-20(27(28)29)19(12-18(17)24-14-25-21)26-9-7-22-8-10-26/h2-6,11-12,14-15,22H,7-10,13H2,1H3,(H,23,24,25). The first-order chi connectivity index (χ1) is 14.1. The van der Waals surface area contributed by atoms with Gasteiger partial charge in [-0.25, -0.2) is 9.97 Å². The fourth-order valence-electron chi connectivity index (χ4n) is 3.68. The van der Waals surface area contributed by atoms with Gasteiger partial charge in [0.15, 0.2) is 0 Å². The van der Waals surface area contributed by atoms with Gasteiger partial charge in [-0.05, 0) is 17.5 Å². The highest BCUT2D eigenvalue weighted by Gasteiger charge is 2.23. The van der Waals surface area contributed by atoms with Crippen molar-refractivity contribution in [2.24, 2.45) is 0 Å². The van der Waals surface area contributed by atoms with Crippen LogP contribution in [0.4, 0.5) is 17.2 Å². The van der Waals surface area contributed by atoms with Gasteiger partial charge in [-0.3, -0.25) is 10.1 Å². The van der Waals surface area contributed by atoms with Crippen molar-refractivity contribution >= 4 is 28.1 Å². The second-order valence-electron chi connectivity index (χ2n) is 7.27. The largest absolute Gasteiger partial charge is 0.369 e. The SMILES string of the molecule is CC(CNc1ncnc2cc(N3CCNCC3)c([N+](=O)[O-])cc12)c1ccccc1. The Labute approximate surface area is 169 Å². The van der Waals surface area contributed by atoms with Crippen LogP contribution in [0, 0.1) is 10.1 Å². The van der Waals surface area contributed by atoms with Gasteiger partial charge in [0.1, 0.15) is 17.8 Å². The minimum atomic E-state index is -0.319. The van der Waals surface area contributed by atoms with Crippen molar-refractivity contribution in [2.75, 3.05) is 42.9 Å². The summed E-state index contributed by atoms with van der Waals surface area (Å²) in [5.41, 5.74) is 2.64. The number of nitrogens with one attached hydrogen (secondary N) is 2. The lowest BCUT2D eigenvalue weighted by molar-refractivity contribution is -0.384. The number of hydrogen-bond acceptors (Lipinski definition) is 7. The molecule has 0 radical (unpaired) electrons. The van der Waals surface area contributed by atoms with E-state index >= 15 is 0 Å². The second-order valence-corrected chi connectivity index (χ2v) is 7.27. The molecule has 1 atom stereocenters. The molecule has 0 saturated carbocycles. The van der Waals surface area contributed by atoms with Crippen LogP contribution in [0.1, 0.15) is 18.4 Å². The zero-order valence-corrected chi connectivity index (χ0v) is 16.3. The van der Waals surface area contributed by atoms with E-state index in [1.165, 1.54) is 11.9 Å². The highest BCUT2D eigenvalue weighted by atomic mass is 16.6. The summed E-state index contributed by atoms with van der Waals surface area (Å²) < 4.78 is 0. The molecule has 8 nitrogen and oxygen atoms in total. The van der Waals surface area contributed by atoms with Crippen LogP contribution in [0.5, 0.6) is 0 Å². The minimum absolute atomic E-state index is 0.0911. The maximum absolute atomic E-state index is 11.8. The third kappa shape index (κ3) is 4.12. The fraction of sp³-hybridized carbons (Fsp3) is 0.333. The molecule has 0 amide bonds. The lowest BCUT2D eigenvalue weighted by Crippen LogP contribution is -2.43. The van der Waals surface area contributed by atoms with Crippen LogP contribution in [0.15, 0.2) is 48.8 Å². The van der Waals surface area contributed by atoms with E-state index in [9.17, 15) is 10.1 Å². The third-order valence-corrected chi connectivity index (χ3v) is 5.33. The molecule has 1 saturated heterocycles. The number of rotatable bonds is 6. The van der Waals surface area contributed by atoms with Gasteiger partial charge in [-0.1, -0.05) is 37.3 Å². The van der Waals surface area contributed by atoms with Crippen molar-refractivity contribution in [2.45, 2.75) is 12.8 Å². The van der Waals surface area contributed by atoms with E-state index in [1.807, 2.05) is 29.2 Å². The second kappa shape index (κ2) is 8.40. The van der Waals surface area contributed by atoms with Crippen molar-refractivity contribution in [1.82, 2.24) is 15.3 Å². The lowest BCUT2D eigenvalue weighted by atomic mass is 10.0. The van der Waals surface area contributed by atoms with Gasteiger partial charge in [0.05, 0.1) is 10.4 Å². The molecule has 0 aliphatic carbocycles. The van der Waals surface area contributed by atoms with E-state index in [0.29, 0.717) is 29.0 Å². The molecular weight excluding hydrogens is 368 g/mol. The summed E-state index contributed by atoms with van der Waals surface area (Å²) >= 11 is 0. The molecular formula is C21H24N6O2. The maximum atomic E-state index is 11.8. The van der Waals surface area contributed by atoms with E-state index < -0.39 is 0 Å². The fourth-order valence-corrected chi connectivity index (χ4v) is 3.68. The number of nitro groups is 1. The van der Waals surface area contributed by atoms with Gasteiger partial charge < -0.3 is 15.5 Å². The zero-order chi connectivity index (χ0) is 20.2. The summed E-state index contributed by atoms with van der Waals surface area (Å²) in [5.74, 6) is 0.893. The van der Waals surface area contributed by atoms with Gasteiger partial charge in [0, 0.05) is 44.2 Å². The predicted molar refractivity (Wildman–Crippen MR) is 115 cm³/mol. The Morgan fingerprint density at radius 3 is 2.69 bits per heavy atom. The molecule has 2 N–H and O–H groups in total. The molecule has 0 bridgehead atoms. The molecule has 2 heterocycles. The molecule has 8 heteroatoms. The number of fused-ring (bicyclic) bond motifs is 1. The van der Waals surface area contributed by atoms with E-state index in [-0.39, 0.29) is 16.5 Å². The van der Waals surface area contributed by atoms with Crippen LogP contribution < -0.4 is 15.5 Å². The number of aromatic nitrogens is 2. The first-order valence-electron chi connectivity index (χ1n) is 9.81. The van der Waals surface area contributed by atoms with Gasteiger partial charge in [0.25, 0.3) is 5.69 Å². The Morgan fingerprint density at radius 2 is 1.97 bits per heavy atom. The molecule has 1 aromatic heterocycles. The summed E-state index contributed by atoms with van der Waals surface area (Å²) in [5, 5.41) is 19.1. The zero-order valence-electron chi connectivity index (χ0n) is 16.3. The Morgan fingerprint density at radius 1 is 1.21 bits per heavy atom. The topological polar surface area (TPSA) is 96.2 Å². The van der Waals surface area contributed by atoms with Crippen molar-refractivity contribution in [3.63, 3.8) is 0 Å². The average molecular weight is 392 g/mol. The van der Waals surface area contributed by atoms with Crippen LogP contribution in [-0.4, -0.2) is 47.6 Å². The van der Waals surface area contributed by atoms with Crippen LogP contribution in [0.25, 0.3) is 10.9 Å². The molecule has 29 heavy (non-hydrogen) atoms. The summed E-state index contributed by atoms with van der Waals surface area (Å²) in [4.78, 5) is 22.2. The molecule has 2 aromatic carbocycles. The van der Waals surface area contributed by atoms with Gasteiger partial charge >= 0.3 is 0 Å². The third-order valence-electron chi connectivity index (χ3n) is 5.33. The van der Waals surface area contributed by atoms with E-state index in [2.05, 4.69) is 39.7 Å². The number of benzene rings is 2. The Bertz CT molecular complexity index is 1000. The first kappa shape index (κ1) is 19.1. The van der Waals surface area contributed by atoms with Gasteiger partial charge in [0.2, 0.25) is 0 Å². The molecule has 3 aromatic rings. The minimum Gasteiger partial charge on any atom is -0.369 e. The maximum Gasteiger partial charge on any atom is 0.293 e. The molecule has 1 aliphatic rings. The Hall–Kier alpha value is -3.26. The van der Waals surface area contributed by atoms with Crippen molar-refractivity contribution in [3.8, 4) is 0 Å². The highest BCUT2D eigenvalue weighted by Crippen LogP contribution is 2.34. The highest BCUT2D eigenvalue weighted by molar-refractivity contribution is 5.94. The smallest absolute Gasteiger partial charge is 0.293 e. The number of nitro benzene ring substituents is 1. The van der Waals surface area contributed by atoms with Crippen molar-refractivity contribution in [3.05, 3.63) is 64.5 Å². The van der Waals surface area contributed by atoms with Crippen LogP contribution in [-0.2, 0) is 0 Å². The van der Waals surface area contributed by atoms with Gasteiger partial charge in [-0.2, -0.15) is 0 Å².